The average Bonchev–Trinajstić information content (AvgIpc) is 3.27. The molecule has 1 aromatic carbocycles. The molecule has 0 N–H and O–H groups in total. The smallest absolute Gasteiger partial charge is 0.269 e. The van der Waals surface area contributed by atoms with E-state index >= 15 is 0 Å². The number of hydrogen-bond acceptors (Lipinski definition) is 6. The molecule has 112 valence electrons. The fourth-order valence-electron chi connectivity index (χ4n) is 2.38. The fourth-order valence-corrected chi connectivity index (χ4v) is 3.53. The monoisotopic (exact) mass is 333 g/mol. The van der Waals surface area contributed by atoms with Gasteiger partial charge in [0.1, 0.15) is 16.0 Å². The lowest BCUT2D eigenvalue weighted by atomic mass is 10.2. The first kappa shape index (κ1) is 13.9. The molecule has 0 bridgehead atoms. The molecule has 2 aromatic heterocycles. The van der Waals surface area contributed by atoms with Crippen molar-refractivity contribution in [2.45, 2.75) is 18.9 Å². The summed E-state index contributed by atoms with van der Waals surface area (Å²) in [6.45, 7) is 0.802. The SMILES string of the molecule is Clc1ccccc1-c1noc(-c2cnc(C3CCCO3)s2)n1. The minimum atomic E-state index is 0.102. The summed E-state index contributed by atoms with van der Waals surface area (Å²) in [6.07, 6.45) is 3.95. The van der Waals surface area contributed by atoms with Gasteiger partial charge in [0, 0.05) is 12.2 Å². The van der Waals surface area contributed by atoms with Crippen LogP contribution in [-0.4, -0.2) is 21.7 Å². The van der Waals surface area contributed by atoms with Crippen LogP contribution in [0.4, 0.5) is 0 Å². The molecule has 1 atom stereocenters. The maximum absolute atomic E-state index is 6.16. The number of rotatable bonds is 3. The molecule has 0 amide bonds. The number of hydrogen-bond donors (Lipinski definition) is 0. The molecule has 7 heteroatoms. The largest absolute Gasteiger partial charge is 0.371 e. The van der Waals surface area contributed by atoms with Crippen molar-refractivity contribution in [2.75, 3.05) is 6.61 Å². The van der Waals surface area contributed by atoms with Crippen LogP contribution in [0.1, 0.15) is 24.0 Å². The zero-order valence-corrected chi connectivity index (χ0v) is 13.1. The molecule has 1 aliphatic rings. The van der Waals surface area contributed by atoms with Crippen molar-refractivity contribution in [3.63, 3.8) is 0 Å². The van der Waals surface area contributed by atoms with Crippen molar-refractivity contribution in [1.82, 2.24) is 15.1 Å². The minimum absolute atomic E-state index is 0.102. The molecule has 5 nitrogen and oxygen atoms in total. The first-order valence-electron chi connectivity index (χ1n) is 6.97. The Morgan fingerprint density at radius 3 is 3.00 bits per heavy atom. The summed E-state index contributed by atoms with van der Waals surface area (Å²) in [5.41, 5.74) is 0.753. The molecule has 0 saturated carbocycles. The zero-order valence-electron chi connectivity index (χ0n) is 11.5. The lowest BCUT2D eigenvalue weighted by molar-refractivity contribution is 0.111. The van der Waals surface area contributed by atoms with E-state index < -0.39 is 0 Å². The number of aromatic nitrogens is 3. The topological polar surface area (TPSA) is 61.0 Å². The van der Waals surface area contributed by atoms with Crippen LogP contribution in [0.15, 0.2) is 35.0 Å². The summed E-state index contributed by atoms with van der Waals surface area (Å²) in [4.78, 5) is 9.68. The van der Waals surface area contributed by atoms with E-state index in [1.54, 1.807) is 12.3 Å². The van der Waals surface area contributed by atoms with Gasteiger partial charge in [-0.1, -0.05) is 28.9 Å². The Morgan fingerprint density at radius 1 is 1.27 bits per heavy atom. The number of benzene rings is 1. The van der Waals surface area contributed by atoms with Gasteiger partial charge >= 0.3 is 0 Å². The molecule has 1 saturated heterocycles. The van der Waals surface area contributed by atoms with E-state index in [4.69, 9.17) is 20.9 Å². The van der Waals surface area contributed by atoms with E-state index in [1.165, 1.54) is 11.3 Å². The van der Waals surface area contributed by atoms with E-state index in [2.05, 4.69) is 15.1 Å². The maximum Gasteiger partial charge on any atom is 0.269 e. The van der Waals surface area contributed by atoms with Crippen molar-refractivity contribution in [2.24, 2.45) is 0 Å². The molecule has 1 unspecified atom stereocenters. The Kier molecular flexibility index (Phi) is 3.65. The molecular weight excluding hydrogens is 322 g/mol. The summed E-state index contributed by atoms with van der Waals surface area (Å²) in [5, 5.41) is 5.57. The third-order valence-electron chi connectivity index (χ3n) is 3.48. The van der Waals surface area contributed by atoms with Gasteiger partial charge in [-0.25, -0.2) is 4.98 Å². The predicted molar refractivity (Wildman–Crippen MR) is 83.8 cm³/mol. The summed E-state index contributed by atoms with van der Waals surface area (Å²) >= 11 is 7.69. The van der Waals surface area contributed by atoms with Crippen molar-refractivity contribution in [3.05, 3.63) is 40.5 Å². The summed E-state index contributed by atoms with van der Waals surface area (Å²) in [7, 11) is 0. The van der Waals surface area contributed by atoms with Crippen LogP contribution in [0.5, 0.6) is 0 Å². The molecule has 22 heavy (non-hydrogen) atoms. The quantitative estimate of drug-likeness (QED) is 0.712. The Labute approximate surface area is 135 Å². The molecule has 0 radical (unpaired) electrons. The van der Waals surface area contributed by atoms with Gasteiger partial charge in [-0.2, -0.15) is 4.98 Å². The third-order valence-corrected chi connectivity index (χ3v) is 4.89. The van der Waals surface area contributed by atoms with Crippen LogP contribution >= 0.6 is 22.9 Å². The Balaban J connectivity index is 1.63. The van der Waals surface area contributed by atoms with Crippen LogP contribution < -0.4 is 0 Å². The van der Waals surface area contributed by atoms with Gasteiger partial charge in [0.05, 0.1) is 11.2 Å². The minimum Gasteiger partial charge on any atom is -0.371 e. The van der Waals surface area contributed by atoms with E-state index in [-0.39, 0.29) is 6.10 Å². The summed E-state index contributed by atoms with van der Waals surface area (Å²) in [6, 6.07) is 7.42. The molecule has 1 aliphatic heterocycles. The Hall–Kier alpha value is -1.76. The van der Waals surface area contributed by atoms with Gasteiger partial charge in [-0.05, 0) is 25.0 Å². The molecule has 3 aromatic rings. The molecular formula is C15H12ClN3O2S. The van der Waals surface area contributed by atoms with Gasteiger partial charge in [0.15, 0.2) is 0 Å². The predicted octanol–water partition coefficient (Wildman–Crippen LogP) is 4.37. The summed E-state index contributed by atoms with van der Waals surface area (Å²) < 4.78 is 11.0. The molecule has 0 aliphatic carbocycles. The molecule has 4 rings (SSSR count). The van der Waals surface area contributed by atoms with E-state index in [9.17, 15) is 0 Å². The number of thiazole rings is 1. The van der Waals surface area contributed by atoms with Gasteiger partial charge in [-0.15, -0.1) is 11.3 Å². The fraction of sp³-hybridized carbons (Fsp3) is 0.267. The van der Waals surface area contributed by atoms with E-state index in [1.807, 2.05) is 18.2 Å². The molecule has 0 spiro atoms. The normalized spacial score (nSPS) is 18.0. The van der Waals surface area contributed by atoms with Gasteiger partial charge in [-0.3, -0.25) is 0 Å². The standard InChI is InChI=1S/C15H12ClN3O2S/c16-10-5-2-1-4-9(10)13-18-14(21-19-13)12-8-17-15(22-12)11-6-3-7-20-11/h1-2,4-5,8,11H,3,6-7H2. The highest BCUT2D eigenvalue weighted by atomic mass is 35.5. The molecule has 1 fully saturated rings. The zero-order chi connectivity index (χ0) is 14.9. The van der Waals surface area contributed by atoms with Crippen LogP contribution in [0.2, 0.25) is 5.02 Å². The van der Waals surface area contributed by atoms with Crippen molar-refractivity contribution >= 4 is 22.9 Å². The highest BCUT2D eigenvalue weighted by Crippen LogP contribution is 2.35. The van der Waals surface area contributed by atoms with Crippen LogP contribution in [0, 0.1) is 0 Å². The van der Waals surface area contributed by atoms with E-state index in [0.29, 0.717) is 16.7 Å². The first-order valence-corrected chi connectivity index (χ1v) is 8.17. The second kappa shape index (κ2) is 5.79. The number of halogens is 1. The first-order chi connectivity index (χ1) is 10.8. The lowest BCUT2D eigenvalue weighted by Gasteiger charge is -2.02. The molecule has 3 heterocycles. The number of nitrogens with zero attached hydrogens (tertiary/aromatic N) is 3. The number of ether oxygens (including phenoxy) is 1. The third kappa shape index (κ3) is 2.54. The second-order valence-corrected chi connectivity index (χ2v) is 6.44. The van der Waals surface area contributed by atoms with Gasteiger partial charge in [0.25, 0.3) is 5.89 Å². The van der Waals surface area contributed by atoms with Crippen LogP contribution in [-0.2, 0) is 4.74 Å². The van der Waals surface area contributed by atoms with Crippen molar-refractivity contribution < 1.29 is 9.26 Å². The van der Waals surface area contributed by atoms with Crippen molar-refractivity contribution in [3.8, 4) is 22.2 Å². The van der Waals surface area contributed by atoms with E-state index in [0.717, 1.165) is 34.9 Å². The van der Waals surface area contributed by atoms with Crippen LogP contribution in [0.3, 0.4) is 0 Å². The van der Waals surface area contributed by atoms with Crippen molar-refractivity contribution in [1.29, 1.82) is 0 Å². The Bertz CT molecular complexity index is 795. The highest BCUT2D eigenvalue weighted by Gasteiger charge is 2.22. The van der Waals surface area contributed by atoms with Crippen LogP contribution in [0.25, 0.3) is 22.2 Å². The lowest BCUT2D eigenvalue weighted by Crippen LogP contribution is -1.93. The maximum atomic E-state index is 6.16. The summed E-state index contributed by atoms with van der Waals surface area (Å²) in [5.74, 6) is 0.935. The average molecular weight is 334 g/mol. The highest BCUT2D eigenvalue weighted by molar-refractivity contribution is 7.15. The second-order valence-electron chi connectivity index (χ2n) is 4.97. The van der Waals surface area contributed by atoms with Gasteiger partial charge < -0.3 is 9.26 Å². The van der Waals surface area contributed by atoms with Gasteiger partial charge in [0.2, 0.25) is 5.82 Å². The Morgan fingerprint density at radius 2 is 2.18 bits per heavy atom.